The van der Waals surface area contributed by atoms with Crippen LogP contribution in [-0.2, 0) is 16.4 Å². The Morgan fingerprint density at radius 2 is 2.10 bits per heavy atom. The topological polar surface area (TPSA) is 65.1 Å². The van der Waals surface area contributed by atoms with E-state index >= 15 is 0 Å². The van der Waals surface area contributed by atoms with Crippen LogP contribution in [0, 0.1) is 0 Å². The zero-order valence-corrected chi connectivity index (χ0v) is 13.0. The molecule has 0 aliphatic carbocycles. The van der Waals surface area contributed by atoms with Crippen LogP contribution in [0.2, 0.25) is 0 Å². The van der Waals surface area contributed by atoms with Gasteiger partial charge in [0.05, 0.1) is 5.75 Å². The largest absolute Gasteiger partial charge is 0.389 e. The molecule has 108 valence electrons. The van der Waals surface area contributed by atoms with E-state index < -0.39 is 9.84 Å². The molecule has 0 saturated carbocycles. The molecule has 2 aromatic rings. The Balaban J connectivity index is 2.20. The van der Waals surface area contributed by atoms with Crippen LogP contribution in [-0.4, -0.2) is 29.5 Å². The van der Waals surface area contributed by atoms with Crippen LogP contribution in [0.5, 0.6) is 0 Å². The molecule has 0 saturated heterocycles. The fourth-order valence-electron chi connectivity index (χ4n) is 2.23. The number of sulfone groups is 1. The molecule has 0 bridgehead atoms. The third-order valence-corrected chi connectivity index (χ3v) is 5.38. The van der Waals surface area contributed by atoms with Gasteiger partial charge in [-0.2, -0.15) is 0 Å². The number of thiocarbonyl (C=S) groups is 1. The molecule has 0 aliphatic heterocycles. The van der Waals surface area contributed by atoms with Crippen molar-refractivity contribution in [1.29, 1.82) is 0 Å². The third-order valence-electron chi connectivity index (χ3n) is 3.37. The second kappa shape index (κ2) is 5.93. The van der Waals surface area contributed by atoms with Gasteiger partial charge < -0.3 is 10.3 Å². The van der Waals surface area contributed by atoms with E-state index in [0.29, 0.717) is 18.0 Å². The molecule has 0 spiro atoms. The molecular formula is C14H18N2O2S2. The van der Waals surface area contributed by atoms with Gasteiger partial charge in [-0.3, -0.25) is 0 Å². The molecule has 1 heterocycles. The summed E-state index contributed by atoms with van der Waals surface area (Å²) < 4.78 is 25.0. The Morgan fingerprint density at radius 1 is 1.35 bits per heavy atom. The van der Waals surface area contributed by atoms with Crippen LogP contribution < -0.4 is 5.73 Å². The number of aryl methyl sites for hydroxylation is 1. The monoisotopic (exact) mass is 310 g/mol. The number of nitrogens with two attached hydrogens (primary N) is 1. The lowest BCUT2D eigenvalue weighted by Gasteiger charge is -2.07. The average molecular weight is 310 g/mol. The van der Waals surface area contributed by atoms with E-state index in [9.17, 15) is 8.42 Å². The Hall–Kier alpha value is -1.40. The summed E-state index contributed by atoms with van der Waals surface area (Å²) in [6.45, 7) is 2.35. The first-order chi connectivity index (χ1) is 9.44. The molecule has 1 aromatic carbocycles. The van der Waals surface area contributed by atoms with Gasteiger partial charge in [0.15, 0.2) is 0 Å². The summed E-state index contributed by atoms with van der Waals surface area (Å²) in [5, 5.41) is 1.01. The van der Waals surface area contributed by atoms with Crippen molar-refractivity contribution in [3.05, 3.63) is 36.0 Å². The van der Waals surface area contributed by atoms with Gasteiger partial charge in [-0.05, 0) is 18.6 Å². The standard InChI is InChI=1S/C14H18N2O2S2/c1-2-20(17,18)10-4-8-16-9-7-11-12(14(15)19)5-3-6-13(11)16/h3,5-7,9H,2,4,8,10H2,1H3,(H2,15,19). The Morgan fingerprint density at radius 3 is 2.75 bits per heavy atom. The van der Waals surface area contributed by atoms with E-state index in [1.165, 1.54) is 0 Å². The molecule has 0 amide bonds. The van der Waals surface area contributed by atoms with E-state index in [1.807, 2.05) is 35.0 Å². The number of benzene rings is 1. The molecule has 0 atom stereocenters. The van der Waals surface area contributed by atoms with Crippen LogP contribution in [0.1, 0.15) is 18.9 Å². The Labute approximate surface area is 124 Å². The maximum Gasteiger partial charge on any atom is 0.150 e. The first kappa shape index (κ1) is 15.0. The van der Waals surface area contributed by atoms with Crippen LogP contribution in [0.15, 0.2) is 30.5 Å². The number of hydrogen-bond donors (Lipinski definition) is 1. The summed E-state index contributed by atoms with van der Waals surface area (Å²) in [5.41, 5.74) is 7.60. The molecule has 6 heteroatoms. The van der Waals surface area contributed by atoms with Crippen LogP contribution in [0.4, 0.5) is 0 Å². The van der Waals surface area contributed by atoms with Crippen LogP contribution in [0.3, 0.4) is 0 Å². The van der Waals surface area contributed by atoms with Gasteiger partial charge >= 0.3 is 0 Å². The van der Waals surface area contributed by atoms with E-state index in [-0.39, 0.29) is 11.5 Å². The molecule has 20 heavy (non-hydrogen) atoms. The van der Waals surface area contributed by atoms with Gasteiger partial charge in [0.25, 0.3) is 0 Å². The summed E-state index contributed by atoms with van der Waals surface area (Å²) in [6, 6.07) is 7.77. The van der Waals surface area contributed by atoms with Crippen molar-refractivity contribution >= 4 is 37.9 Å². The minimum absolute atomic E-state index is 0.199. The molecule has 1 aromatic heterocycles. The van der Waals surface area contributed by atoms with Crippen molar-refractivity contribution in [2.24, 2.45) is 5.73 Å². The number of nitrogens with zero attached hydrogens (tertiary/aromatic N) is 1. The molecule has 0 fully saturated rings. The third kappa shape index (κ3) is 3.19. The summed E-state index contributed by atoms with van der Waals surface area (Å²) in [4.78, 5) is 0.377. The maximum atomic E-state index is 11.5. The van der Waals surface area contributed by atoms with E-state index in [4.69, 9.17) is 18.0 Å². The highest BCUT2D eigenvalue weighted by Crippen LogP contribution is 2.20. The van der Waals surface area contributed by atoms with E-state index in [0.717, 1.165) is 16.5 Å². The van der Waals surface area contributed by atoms with Crippen molar-refractivity contribution in [1.82, 2.24) is 4.57 Å². The van der Waals surface area contributed by atoms with E-state index in [2.05, 4.69) is 0 Å². The van der Waals surface area contributed by atoms with Crippen LogP contribution >= 0.6 is 12.2 Å². The zero-order valence-electron chi connectivity index (χ0n) is 11.4. The highest BCUT2D eigenvalue weighted by molar-refractivity contribution is 7.91. The molecule has 2 rings (SSSR count). The van der Waals surface area contributed by atoms with Gasteiger partial charge in [-0.1, -0.05) is 31.3 Å². The maximum absolute atomic E-state index is 11.5. The van der Waals surface area contributed by atoms with Crippen molar-refractivity contribution in [2.75, 3.05) is 11.5 Å². The SMILES string of the molecule is CCS(=O)(=O)CCCn1ccc2c(C(N)=S)cccc21. The quantitative estimate of drug-likeness (QED) is 0.830. The molecule has 2 N–H and O–H groups in total. The van der Waals surface area contributed by atoms with Crippen molar-refractivity contribution in [2.45, 2.75) is 19.9 Å². The fourth-order valence-corrected chi connectivity index (χ4v) is 3.27. The average Bonchev–Trinajstić information content (AvgIpc) is 2.82. The number of fused-ring (bicyclic) bond motifs is 1. The van der Waals surface area contributed by atoms with Gasteiger partial charge in [0.2, 0.25) is 0 Å². The number of hydrogen-bond acceptors (Lipinski definition) is 3. The highest BCUT2D eigenvalue weighted by atomic mass is 32.2. The Kier molecular flexibility index (Phi) is 4.45. The summed E-state index contributed by atoms with van der Waals surface area (Å²) >= 11 is 5.04. The fraction of sp³-hybridized carbons (Fsp3) is 0.357. The molecule has 0 aliphatic rings. The minimum atomic E-state index is -2.90. The highest BCUT2D eigenvalue weighted by Gasteiger charge is 2.09. The lowest BCUT2D eigenvalue weighted by atomic mass is 10.1. The molecule has 4 nitrogen and oxygen atoms in total. The lowest BCUT2D eigenvalue weighted by Crippen LogP contribution is -2.11. The number of aromatic nitrogens is 1. The Bertz CT molecular complexity index is 733. The first-order valence-corrected chi connectivity index (χ1v) is 8.75. The van der Waals surface area contributed by atoms with Crippen LogP contribution in [0.25, 0.3) is 10.9 Å². The second-order valence-corrected chi connectivity index (χ2v) is 7.61. The van der Waals surface area contributed by atoms with Crippen molar-refractivity contribution in [3.63, 3.8) is 0 Å². The van der Waals surface area contributed by atoms with Crippen molar-refractivity contribution < 1.29 is 8.42 Å². The van der Waals surface area contributed by atoms with Gasteiger partial charge in [-0.25, -0.2) is 8.42 Å². The molecular weight excluding hydrogens is 292 g/mol. The normalized spacial score (nSPS) is 11.8. The summed E-state index contributed by atoms with van der Waals surface area (Å²) in [6.07, 6.45) is 2.56. The minimum Gasteiger partial charge on any atom is -0.389 e. The van der Waals surface area contributed by atoms with Crippen molar-refractivity contribution in [3.8, 4) is 0 Å². The smallest absolute Gasteiger partial charge is 0.150 e. The number of rotatable bonds is 6. The van der Waals surface area contributed by atoms with Gasteiger partial charge in [0.1, 0.15) is 14.8 Å². The second-order valence-electron chi connectivity index (χ2n) is 4.70. The van der Waals surface area contributed by atoms with Gasteiger partial charge in [-0.15, -0.1) is 0 Å². The lowest BCUT2D eigenvalue weighted by molar-refractivity contribution is 0.589. The summed E-state index contributed by atoms with van der Waals surface area (Å²) in [5.74, 6) is 0.420. The summed E-state index contributed by atoms with van der Waals surface area (Å²) in [7, 11) is -2.90. The first-order valence-electron chi connectivity index (χ1n) is 6.52. The predicted octanol–water partition coefficient (Wildman–Crippen LogP) is 2.10. The van der Waals surface area contributed by atoms with E-state index in [1.54, 1.807) is 6.92 Å². The van der Waals surface area contributed by atoms with Gasteiger partial charge in [0, 0.05) is 35.0 Å². The predicted molar refractivity (Wildman–Crippen MR) is 86.8 cm³/mol. The molecule has 0 unspecified atom stereocenters. The molecule has 0 radical (unpaired) electrons. The zero-order chi connectivity index (χ0) is 14.8.